The van der Waals surface area contributed by atoms with Crippen LogP contribution in [0.1, 0.15) is 62.4 Å². The first-order valence-electron chi connectivity index (χ1n) is 12.5. The Morgan fingerprint density at radius 2 is 1.71 bits per heavy atom. The third kappa shape index (κ3) is 6.58. The van der Waals surface area contributed by atoms with Crippen LogP contribution >= 0.6 is 0 Å². The second kappa shape index (κ2) is 12.5. The lowest BCUT2D eigenvalue weighted by Crippen LogP contribution is -2.48. The zero-order valence-electron chi connectivity index (χ0n) is 20.6. The molecule has 0 bridgehead atoms. The highest BCUT2D eigenvalue weighted by atomic mass is 19.1. The summed E-state index contributed by atoms with van der Waals surface area (Å²) < 4.78 is 20.5. The first-order valence-corrected chi connectivity index (χ1v) is 12.5. The minimum atomic E-state index is -0.358. The number of fused-ring (bicyclic) bond motifs is 1. The second-order valence-electron chi connectivity index (χ2n) is 9.27. The average molecular weight is 469 g/mol. The molecule has 0 aromatic heterocycles. The van der Waals surface area contributed by atoms with Crippen molar-refractivity contribution < 1.29 is 18.7 Å². The Bertz CT molecular complexity index is 962. The third-order valence-electron chi connectivity index (χ3n) is 6.56. The molecule has 1 aliphatic heterocycles. The van der Waals surface area contributed by atoms with Crippen LogP contribution in [0.4, 0.5) is 4.39 Å². The standard InChI is InChI=1S/C28H37FN2O3/c1-4-30-17-11-5-6-12-18-31(27(32)19-22-13-7-9-15-24(22)29)25(21(2)3)20-34-26-16-10-8-14-23(26)28(30)33/h7-10,13-16,21,25H,4-6,11-12,17-20H2,1-3H3/t25-/m1/s1. The molecule has 34 heavy (non-hydrogen) atoms. The molecule has 2 aromatic rings. The van der Waals surface area contributed by atoms with Gasteiger partial charge in [-0.05, 0) is 49.4 Å². The molecule has 0 fully saturated rings. The highest BCUT2D eigenvalue weighted by molar-refractivity contribution is 5.96. The van der Waals surface area contributed by atoms with Gasteiger partial charge in [-0.15, -0.1) is 0 Å². The Hall–Kier alpha value is -2.89. The highest BCUT2D eigenvalue weighted by Crippen LogP contribution is 2.24. The maximum atomic E-state index is 14.3. The molecular formula is C28H37FN2O3. The fourth-order valence-corrected chi connectivity index (χ4v) is 4.48. The summed E-state index contributed by atoms with van der Waals surface area (Å²) in [5.74, 6) is 0.190. The van der Waals surface area contributed by atoms with Gasteiger partial charge < -0.3 is 14.5 Å². The predicted octanol–water partition coefficient (Wildman–Crippen LogP) is 5.34. The fourth-order valence-electron chi connectivity index (χ4n) is 4.48. The predicted molar refractivity (Wildman–Crippen MR) is 132 cm³/mol. The van der Waals surface area contributed by atoms with Crippen LogP contribution < -0.4 is 4.74 Å². The summed E-state index contributed by atoms with van der Waals surface area (Å²) in [6.07, 6.45) is 3.76. The maximum Gasteiger partial charge on any atom is 0.257 e. The van der Waals surface area contributed by atoms with Gasteiger partial charge in [0.05, 0.1) is 18.0 Å². The molecule has 1 atom stereocenters. The van der Waals surface area contributed by atoms with Gasteiger partial charge in [0.1, 0.15) is 18.2 Å². The molecule has 5 nitrogen and oxygen atoms in total. The zero-order valence-corrected chi connectivity index (χ0v) is 20.6. The molecular weight excluding hydrogens is 431 g/mol. The quantitative estimate of drug-likeness (QED) is 0.609. The molecule has 3 rings (SSSR count). The van der Waals surface area contributed by atoms with E-state index in [4.69, 9.17) is 4.74 Å². The number of halogens is 1. The minimum absolute atomic E-state index is 0.0242. The molecule has 0 N–H and O–H groups in total. The molecule has 1 heterocycles. The summed E-state index contributed by atoms with van der Waals surface area (Å²) in [5, 5.41) is 0. The lowest BCUT2D eigenvalue weighted by atomic mass is 10.0. The summed E-state index contributed by atoms with van der Waals surface area (Å²) in [4.78, 5) is 30.3. The van der Waals surface area contributed by atoms with Crippen LogP contribution in [-0.2, 0) is 11.2 Å². The van der Waals surface area contributed by atoms with Crippen molar-refractivity contribution in [3.63, 3.8) is 0 Å². The molecule has 0 unspecified atom stereocenters. The van der Waals surface area contributed by atoms with Crippen LogP contribution in [-0.4, -0.2) is 53.9 Å². The van der Waals surface area contributed by atoms with Gasteiger partial charge in [-0.1, -0.05) is 57.0 Å². The Labute approximate surface area is 202 Å². The van der Waals surface area contributed by atoms with E-state index in [0.717, 1.165) is 25.7 Å². The van der Waals surface area contributed by atoms with E-state index >= 15 is 0 Å². The topological polar surface area (TPSA) is 49.9 Å². The van der Waals surface area contributed by atoms with Crippen LogP contribution in [0.15, 0.2) is 48.5 Å². The fraction of sp³-hybridized carbons (Fsp3) is 0.500. The van der Waals surface area contributed by atoms with E-state index < -0.39 is 0 Å². The molecule has 184 valence electrons. The molecule has 0 spiro atoms. The van der Waals surface area contributed by atoms with Gasteiger partial charge in [-0.25, -0.2) is 4.39 Å². The summed E-state index contributed by atoms with van der Waals surface area (Å²) in [6, 6.07) is 13.6. The normalized spacial score (nSPS) is 18.3. The molecule has 2 aromatic carbocycles. The van der Waals surface area contributed by atoms with Crippen LogP contribution in [0.25, 0.3) is 0 Å². The van der Waals surface area contributed by atoms with Gasteiger partial charge in [-0.3, -0.25) is 9.59 Å². The molecule has 0 aliphatic carbocycles. The summed E-state index contributed by atoms with van der Waals surface area (Å²) >= 11 is 0. The number of ether oxygens (including phenoxy) is 1. The van der Waals surface area contributed by atoms with E-state index in [2.05, 4.69) is 13.8 Å². The van der Waals surface area contributed by atoms with Gasteiger partial charge >= 0.3 is 0 Å². The number of carbonyl (C=O) groups is 2. The van der Waals surface area contributed by atoms with Gasteiger partial charge in [0.25, 0.3) is 5.91 Å². The van der Waals surface area contributed by atoms with Crippen LogP contribution in [0, 0.1) is 11.7 Å². The van der Waals surface area contributed by atoms with E-state index in [0.29, 0.717) is 36.5 Å². The van der Waals surface area contributed by atoms with Crippen molar-refractivity contribution in [2.75, 3.05) is 26.2 Å². The van der Waals surface area contributed by atoms with E-state index in [-0.39, 0.29) is 42.6 Å². The lowest BCUT2D eigenvalue weighted by molar-refractivity contribution is -0.134. The second-order valence-corrected chi connectivity index (χ2v) is 9.27. The molecule has 6 heteroatoms. The Balaban J connectivity index is 1.88. The smallest absolute Gasteiger partial charge is 0.257 e. The third-order valence-corrected chi connectivity index (χ3v) is 6.56. The van der Waals surface area contributed by atoms with Gasteiger partial charge in [0.15, 0.2) is 0 Å². The van der Waals surface area contributed by atoms with Crippen molar-refractivity contribution in [2.45, 2.75) is 58.9 Å². The van der Waals surface area contributed by atoms with E-state index in [1.54, 1.807) is 24.3 Å². The van der Waals surface area contributed by atoms with Crippen LogP contribution in [0.2, 0.25) is 0 Å². The number of para-hydroxylation sites is 1. The molecule has 0 radical (unpaired) electrons. The van der Waals surface area contributed by atoms with Crippen molar-refractivity contribution >= 4 is 11.8 Å². The van der Waals surface area contributed by atoms with Crippen molar-refractivity contribution in [1.29, 1.82) is 0 Å². The van der Waals surface area contributed by atoms with Gasteiger partial charge in [-0.2, -0.15) is 0 Å². The number of hydrogen-bond donors (Lipinski definition) is 0. The van der Waals surface area contributed by atoms with Crippen molar-refractivity contribution in [1.82, 2.24) is 9.80 Å². The first kappa shape index (κ1) is 25.7. The zero-order chi connectivity index (χ0) is 24.5. The monoisotopic (exact) mass is 468 g/mol. The number of amides is 2. The Kier molecular flexibility index (Phi) is 9.49. The van der Waals surface area contributed by atoms with Crippen molar-refractivity contribution in [3.8, 4) is 5.75 Å². The summed E-state index contributed by atoms with van der Waals surface area (Å²) in [5.41, 5.74) is 0.957. The van der Waals surface area contributed by atoms with E-state index in [9.17, 15) is 14.0 Å². The van der Waals surface area contributed by atoms with Crippen molar-refractivity contribution in [2.24, 2.45) is 5.92 Å². The lowest BCUT2D eigenvalue weighted by Gasteiger charge is -2.35. The van der Waals surface area contributed by atoms with Crippen molar-refractivity contribution in [3.05, 3.63) is 65.5 Å². The van der Waals surface area contributed by atoms with E-state index in [1.165, 1.54) is 6.07 Å². The van der Waals surface area contributed by atoms with E-state index in [1.807, 2.05) is 34.9 Å². The SMILES string of the molecule is CCN1CCCCCCN(C(=O)Cc2ccccc2F)[C@@H](C(C)C)COc2ccccc2C1=O. The van der Waals surface area contributed by atoms with Gasteiger partial charge in [0, 0.05) is 19.6 Å². The highest BCUT2D eigenvalue weighted by Gasteiger charge is 2.28. The summed E-state index contributed by atoms with van der Waals surface area (Å²) in [6.45, 7) is 8.37. The molecule has 1 aliphatic rings. The molecule has 0 saturated carbocycles. The Morgan fingerprint density at radius 1 is 1.03 bits per heavy atom. The number of rotatable bonds is 4. The number of carbonyl (C=O) groups excluding carboxylic acids is 2. The minimum Gasteiger partial charge on any atom is -0.491 e. The average Bonchev–Trinajstić information content (AvgIpc) is 2.83. The Morgan fingerprint density at radius 3 is 2.41 bits per heavy atom. The number of nitrogens with zero attached hydrogens (tertiary/aromatic N) is 2. The first-order chi connectivity index (χ1) is 16.4. The molecule has 0 saturated heterocycles. The number of benzene rings is 2. The van der Waals surface area contributed by atoms with Gasteiger partial charge in [0.2, 0.25) is 5.91 Å². The maximum absolute atomic E-state index is 14.3. The molecule has 2 amide bonds. The largest absolute Gasteiger partial charge is 0.491 e. The number of hydrogen-bond acceptors (Lipinski definition) is 3. The van der Waals surface area contributed by atoms with Crippen LogP contribution in [0.5, 0.6) is 5.75 Å². The van der Waals surface area contributed by atoms with Crippen LogP contribution in [0.3, 0.4) is 0 Å². The summed E-state index contributed by atoms with van der Waals surface area (Å²) in [7, 11) is 0.